The average Bonchev–Trinajstić information content (AvgIpc) is 2.33. The predicted octanol–water partition coefficient (Wildman–Crippen LogP) is 2.90. The summed E-state index contributed by atoms with van der Waals surface area (Å²) in [6.45, 7) is 0. The van der Waals surface area contributed by atoms with Gasteiger partial charge < -0.3 is 0 Å². The fraction of sp³-hybridized carbons (Fsp3) is 0. The number of nitriles is 1. The van der Waals surface area contributed by atoms with E-state index in [4.69, 9.17) is 5.26 Å². The summed E-state index contributed by atoms with van der Waals surface area (Å²) < 4.78 is 26.5. The van der Waals surface area contributed by atoms with Crippen LogP contribution in [0.4, 0.5) is 8.78 Å². The van der Waals surface area contributed by atoms with Gasteiger partial charge in [0.2, 0.25) is 0 Å². The molecule has 0 aliphatic rings. The van der Waals surface area contributed by atoms with Crippen LogP contribution >= 0.6 is 0 Å². The lowest BCUT2D eigenvalue weighted by molar-refractivity contribution is 0.511. The van der Waals surface area contributed by atoms with Gasteiger partial charge in [0.1, 0.15) is 6.07 Å². The summed E-state index contributed by atoms with van der Waals surface area (Å²) in [4.78, 5) is 3.89. The molecule has 0 fully saturated rings. The summed E-state index contributed by atoms with van der Waals surface area (Å²) in [5, 5.41) is 8.83. The predicted molar refractivity (Wildman–Crippen MR) is 54.3 cm³/mol. The van der Waals surface area contributed by atoms with E-state index in [9.17, 15) is 8.78 Å². The van der Waals surface area contributed by atoms with Gasteiger partial charge >= 0.3 is 0 Å². The Kier molecular flexibility index (Phi) is 2.61. The van der Waals surface area contributed by atoms with Crippen LogP contribution in [0.5, 0.6) is 0 Å². The first-order valence-electron chi connectivity index (χ1n) is 4.53. The largest absolute Gasteiger partial charge is 0.255 e. The molecule has 4 heteroatoms. The van der Waals surface area contributed by atoms with Gasteiger partial charge in [-0.05, 0) is 24.3 Å². The number of hydrogen-bond donors (Lipinski definition) is 0. The summed E-state index contributed by atoms with van der Waals surface area (Å²) >= 11 is 0. The maximum Gasteiger partial charge on any atom is 0.168 e. The van der Waals surface area contributed by atoms with Gasteiger partial charge in [0.25, 0.3) is 0 Å². The van der Waals surface area contributed by atoms with Crippen molar-refractivity contribution in [3.05, 3.63) is 53.7 Å². The van der Waals surface area contributed by atoms with Crippen LogP contribution in [-0.2, 0) is 0 Å². The zero-order chi connectivity index (χ0) is 11.5. The number of aromatic nitrogens is 1. The fourth-order valence-corrected chi connectivity index (χ4v) is 1.40. The normalized spacial score (nSPS) is 9.81. The molecule has 1 aromatic heterocycles. The third kappa shape index (κ3) is 1.63. The van der Waals surface area contributed by atoms with Gasteiger partial charge in [0.05, 0.1) is 11.3 Å². The van der Waals surface area contributed by atoms with Crippen LogP contribution in [0.3, 0.4) is 0 Å². The van der Waals surface area contributed by atoms with Crippen LogP contribution < -0.4 is 0 Å². The fourth-order valence-electron chi connectivity index (χ4n) is 1.40. The molecule has 0 aliphatic heterocycles. The van der Waals surface area contributed by atoms with Crippen LogP contribution in [0.2, 0.25) is 0 Å². The van der Waals surface area contributed by atoms with Gasteiger partial charge in [-0.2, -0.15) is 5.26 Å². The van der Waals surface area contributed by atoms with Gasteiger partial charge in [0.15, 0.2) is 11.6 Å². The Morgan fingerprint density at radius 2 is 1.94 bits per heavy atom. The summed E-state index contributed by atoms with van der Waals surface area (Å²) in [7, 11) is 0. The van der Waals surface area contributed by atoms with E-state index in [0.717, 1.165) is 6.07 Å². The zero-order valence-electron chi connectivity index (χ0n) is 8.11. The number of halogens is 2. The first-order chi connectivity index (χ1) is 7.74. The standard InChI is InChI=1S/C12H6F2N2/c13-10-5-1-4-9(11(10)14)12-8(7-15)3-2-6-16-12/h1-6H. The monoisotopic (exact) mass is 216 g/mol. The lowest BCUT2D eigenvalue weighted by Gasteiger charge is -2.04. The number of nitrogens with zero attached hydrogens (tertiary/aromatic N) is 2. The van der Waals surface area contributed by atoms with Crippen molar-refractivity contribution < 1.29 is 8.78 Å². The van der Waals surface area contributed by atoms with Crippen LogP contribution in [0, 0.1) is 23.0 Å². The van der Waals surface area contributed by atoms with Crippen LogP contribution in [-0.4, -0.2) is 4.98 Å². The van der Waals surface area contributed by atoms with Crippen LogP contribution in [0.1, 0.15) is 5.56 Å². The maximum absolute atomic E-state index is 13.5. The van der Waals surface area contributed by atoms with Crippen molar-refractivity contribution in [3.63, 3.8) is 0 Å². The molecular formula is C12H6F2N2. The van der Waals surface area contributed by atoms with Crippen molar-refractivity contribution in [3.8, 4) is 17.3 Å². The third-order valence-corrected chi connectivity index (χ3v) is 2.13. The second-order valence-corrected chi connectivity index (χ2v) is 3.11. The summed E-state index contributed by atoms with van der Waals surface area (Å²) in [6.07, 6.45) is 1.43. The molecular weight excluding hydrogens is 210 g/mol. The van der Waals surface area contributed by atoms with Crippen LogP contribution in [0.15, 0.2) is 36.5 Å². The zero-order valence-corrected chi connectivity index (χ0v) is 8.11. The molecule has 2 nitrogen and oxygen atoms in total. The van der Waals surface area contributed by atoms with E-state index >= 15 is 0 Å². The molecule has 0 bridgehead atoms. The van der Waals surface area contributed by atoms with E-state index in [1.165, 1.54) is 24.4 Å². The molecule has 16 heavy (non-hydrogen) atoms. The minimum atomic E-state index is -0.988. The Balaban J connectivity index is 2.69. The first kappa shape index (κ1) is 10.2. The van der Waals surface area contributed by atoms with E-state index in [0.29, 0.717) is 0 Å². The van der Waals surface area contributed by atoms with Crippen molar-refractivity contribution in [2.75, 3.05) is 0 Å². The molecule has 0 N–H and O–H groups in total. The highest BCUT2D eigenvalue weighted by Gasteiger charge is 2.13. The van der Waals surface area contributed by atoms with Gasteiger partial charge in [-0.3, -0.25) is 4.98 Å². The van der Waals surface area contributed by atoms with Crippen molar-refractivity contribution in [2.45, 2.75) is 0 Å². The topological polar surface area (TPSA) is 36.7 Å². The highest BCUT2D eigenvalue weighted by atomic mass is 19.2. The molecule has 78 valence electrons. The van der Waals surface area contributed by atoms with Crippen molar-refractivity contribution in [2.24, 2.45) is 0 Å². The molecule has 0 unspecified atom stereocenters. The second kappa shape index (κ2) is 4.07. The van der Waals surface area contributed by atoms with Crippen LogP contribution in [0.25, 0.3) is 11.3 Å². The molecule has 2 rings (SSSR count). The number of hydrogen-bond acceptors (Lipinski definition) is 2. The molecule has 2 aromatic rings. The minimum absolute atomic E-state index is 0.00264. The summed E-state index contributed by atoms with van der Waals surface area (Å²) in [6, 6.07) is 8.76. The van der Waals surface area contributed by atoms with E-state index in [1.807, 2.05) is 6.07 Å². The Labute approximate surface area is 90.8 Å². The van der Waals surface area contributed by atoms with E-state index in [2.05, 4.69) is 4.98 Å². The quantitative estimate of drug-likeness (QED) is 0.734. The SMILES string of the molecule is N#Cc1cccnc1-c1cccc(F)c1F. The Bertz CT molecular complexity index is 573. The smallest absolute Gasteiger partial charge is 0.168 e. The molecule has 0 radical (unpaired) electrons. The number of rotatable bonds is 1. The Hall–Kier alpha value is -2.28. The lowest BCUT2D eigenvalue weighted by atomic mass is 10.1. The molecule has 0 aliphatic carbocycles. The van der Waals surface area contributed by atoms with E-state index in [1.54, 1.807) is 6.07 Å². The van der Waals surface area contributed by atoms with Gasteiger partial charge in [-0.15, -0.1) is 0 Å². The minimum Gasteiger partial charge on any atom is -0.255 e. The Morgan fingerprint density at radius 1 is 1.12 bits per heavy atom. The molecule has 0 amide bonds. The molecule has 0 saturated carbocycles. The number of benzene rings is 1. The maximum atomic E-state index is 13.5. The van der Waals surface area contributed by atoms with Gasteiger partial charge in [-0.1, -0.05) is 6.07 Å². The van der Waals surface area contributed by atoms with E-state index < -0.39 is 11.6 Å². The van der Waals surface area contributed by atoms with Gasteiger partial charge in [0, 0.05) is 11.8 Å². The average molecular weight is 216 g/mol. The molecule has 1 heterocycles. The highest BCUT2D eigenvalue weighted by molar-refractivity contribution is 5.66. The molecule has 1 aromatic carbocycles. The third-order valence-electron chi connectivity index (χ3n) is 2.13. The molecule has 0 atom stereocenters. The van der Waals surface area contributed by atoms with Crippen molar-refractivity contribution >= 4 is 0 Å². The second-order valence-electron chi connectivity index (χ2n) is 3.11. The van der Waals surface area contributed by atoms with Crippen molar-refractivity contribution in [1.82, 2.24) is 4.98 Å². The number of pyridine rings is 1. The highest BCUT2D eigenvalue weighted by Crippen LogP contribution is 2.24. The first-order valence-corrected chi connectivity index (χ1v) is 4.53. The molecule has 0 spiro atoms. The summed E-state index contributed by atoms with van der Waals surface area (Å²) in [5.74, 6) is -1.94. The van der Waals surface area contributed by atoms with E-state index in [-0.39, 0.29) is 16.8 Å². The Morgan fingerprint density at radius 3 is 2.69 bits per heavy atom. The summed E-state index contributed by atoms with van der Waals surface area (Å²) in [5.41, 5.74) is 0.367. The lowest BCUT2D eigenvalue weighted by Crippen LogP contribution is -1.94. The van der Waals surface area contributed by atoms with Gasteiger partial charge in [-0.25, -0.2) is 8.78 Å². The van der Waals surface area contributed by atoms with Crippen molar-refractivity contribution in [1.29, 1.82) is 5.26 Å². The molecule has 0 saturated heterocycles.